The van der Waals surface area contributed by atoms with Gasteiger partial charge in [0.15, 0.2) is 0 Å². The SMILES string of the molecule is NCc1cccc(COc2ccc(Br)cc2)c1F. The molecule has 18 heavy (non-hydrogen) atoms. The molecule has 0 aliphatic rings. The van der Waals surface area contributed by atoms with Crippen molar-refractivity contribution in [1.29, 1.82) is 0 Å². The Morgan fingerprint density at radius 2 is 1.72 bits per heavy atom. The minimum atomic E-state index is -0.280. The summed E-state index contributed by atoms with van der Waals surface area (Å²) in [6.45, 7) is 0.388. The summed E-state index contributed by atoms with van der Waals surface area (Å²) in [6.07, 6.45) is 0. The zero-order chi connectivity index (χ0) is 13.0. The highest BCUT2D eigenvalue weighted by atomic mass is 79.9. The average molecular weight is 310 g/mol. The lowest BCUT2D eigenvalue weighted by molar-refractivity contribution is 0.299. The largest absolute Gasteiger partial charge is 0.489 e. The predicted octanol–water partition coefficient (Wildman–Crippen LogP) is 3.63. The van der Waals surface area contributed by atoms with Gasteiger partial charge in [-0.25, -0.2) is 4.39 Å². The molecule has 2 rings (SSSR count). The number of halogens is 2. The van der Waals surface area contributed by atoms with Gasteiger partial charge in [0.25, 0.3) is 0 Å². The molecule has 0 saturated carbocycles. The van der Waals surface area contributed by atoms with E-state index < -0.39 is 0 Å². The molecule has 0 bridgehead atoms. The maximum atomic E-state index is 13.9. The van der Waals surface area contributed by atoms with Crippen molar-refractivity contribution in [3.05, 3.63) is 63.9 Å². The number of nitrogens with two attached hydrogens (primary N) is 1. The van der Waals surface area contributed by atoms with Crippen LogP contribution in [0.5, 0.6) is 5.75 Å². The van der Waals surface area contributed by atoms with Crippen LogP contribution in [0.25, 0.3) is 0 Å². The molecule has 4 heteroatoms. The van der Waals surface area contributed by atoms with Crippen LogP contribution in [0.4, 0.5) is 4.39 Å². The van der Waals surface area contributed by atoms with Crippen LogP contribution in [-0.2, 0) is 13.2 Å². The summed E-state index contributed by atoms with van der Waals surface area (Å²) >= 11 is 3.34. The van der Waals surface area contributed by atoms with Crippen LogP contribution >= 0.6 is 15.9 Å². The molecular formula is C14H13BrFNO. The maximum absolute atomic E-state index is 13.9. The lowest BCUT2D eigenvalue weighted by Crippen LogP contribution is -2.05. The van der Waals surface area contributed by atoms with Gasteiger partial charge in [0, 0.05) is 22.1 Å². The number of hydrogen-bond donors (Lipinski definition) is 1. The Labute approximate surface area is 114 Å². The summed E-state index contributed by atoms with van der Waals surface area (Å²) in [6, 6.07) is 12.6. The summed E-state index contributed by atoms with van der Waals surface area (Å²) in [7, 11) is 0. The van der Waals surface area contributed by atoms with Gasteiger partial charge in [-0.15, -0.1) is 0 Å². The molecule has 2 aromatic carbocycles. The zero-order valence-electron chi connectivity index (χ0n) is 9.70. The topological polar surface area (TPSA) is 35.2 Å². The first-order valence-electron chi connectivity index (χ1n) is 5.55. The van der Waals surface area contributed by atoms with Crippen LogP contribution in [-0.4, -0.2) is 0 Å². The number of rotatable bonds is 4. The fourth-order valence-corrected chi connectivity index (χ4v) is 1.86. The molecule has 0 spiro atoms. The summed E-state index contributed by atoms with van der Waals surface area (Å²) in [4.78, 5) is 0. The molecule has 0 aliphatic carbocycles. The second-order valence-electron chi connectivity index (χ2n) is 3.84. The van der Waals surface area contributed by atoms with Crippen LogP contribution in [0.15, 0.2) is 46.9 Å². The van der Waals surface area contributed by atoms with Crippen LogP contribution in [0.3, 0.4) is 0 Å². The molecule has 2 N–H and O–H groups in total. The quantitative estimate of drug-likeness (QED) is 0.936. The van der Waals surface area contributed by atoms with Gasteiger partial charge in [-0.2, -0.15) is 0 Å². The third kappa shape index (κ3) is 3.09. The van der Waals surface area contributed by atoms with E-state index in [0.717, 1.165) is 4.47 Å². The van der Waals surface area contributed by atoms with Crippen molar-refractivity contribution in [3.8, 4) is 5.75 Å². The third-order valence-corrected chi connectivity index (χ3v) is 3.12. The molecule has 0 radical (unpaired) electrons. The summed E-state index contributed by atoms with van der Waals surface area (Å²) in [5.41, 5.74) is 6.48. The lowest BCUT2D eigenvalue weighted by Gasteiger charge is -2.09. The Kier molecular flexibility index (Phi) is 4.33. The molecule has 0 amide bonds. The minimum Gasteiger partial charge on any atom is -0.489 e. The van der Waals surface area contributed by atoms with Crippen LogP contribution in [0, 0.1) is 5.82 Å². The van der Waals surface area contributed by atoms with E-state index >= 15 is 0 Å². The predicted molar refractivity (Wildman–Crippen MR) is 72.8 cm³/mol. The van der Waals surface area contributed by atoms with E-state index in [1.54, 1.807) is 18.2 Å². The summed E-state index contributed by atoms with van der Waals surface area (Å²) in [5.74, 6) is 0.424. The molecule has 94 valence electrons. The first-order chi connectivity index (χ1) is 8.70. The average Bonchev–Trinajstić information content (AvgIpc) is 2.39. The Bertz CT molecular complexity index is 528. The van der Waals surface area contributed by atoms with Gasteiger partial charge in [0.1, 0.15) is 18.2 Å². The van der Waals surface area contributed by atoms with Gasteiger partial charge in [-0.1, -0.05) is 34.1 Å². The molecule has 0 fully saturated rings. The summed E-state index contributed by atoms with van der Waals surface area (Å²) < 4.78 is 20.4. The smallest absolute Gasteiger partial charge is 0.134 e. The number of hydrogen-bond acceptors (Lipinski definition) is 2. The second kappa shape index (κ2) is 5.98. The van der Waals surface area contributed by atoms with Crippen LogP contribution in [0.2, 0.25) is 0 Å². The first kappa shape index (κ1) is 13.1. The van der Waals surface area contributed by atoms with E-state index in [0.29, 0.717) is 16.9 Å². The maximum Gasteiger partial charge on any atom is 0.134 e. The molecule has 0 aliphatic heterocycles. The molecule has 0 atom stereocenters. The van der Waals surface area contributed by atoms with Gasteiger partial charge in [-0.3, -0.25) is 0 Å². The zero-order valence-corrected chi connectivity index (χ0v) is 11.3. The molecule has 0 saturated heterocycles. The fourth-order valence-electron chi connectivity index (χ4n) is 1.59. The Morgan fingerprint density at radius 3 is 2.39 bits per heavy atom. The van der Waals surface area contributed by atoms with Crippen molar-refractivity contribution in [2.45, 2.75) is 13.2 Å². The van der Waals surface area contributed by atoms with Gasteiger partial charge in [0.2, 0.25) is 0 Å². The van der Waals surface area contributed by atoms with Crippen molar-refractivity contribution in [2.75, 3.05) is 0 Å². The van der Waals surface area contributed by atoms with Crippen LogP contribution < -0.4 is 10.5 Å². The standard InChI is InChI=1S/C14H13BrFNO/c15-12-4-6-13(7-5-12)18-9-11-3-1-2-10(8-17)14(11)16/h1-7H,8-9,17H2. The second-order valence-corrected chi connectivity index (χ2v) is 4.75. The van der Waals surface area contributed by atoms with Crippen LogP contribution in [0.1, 0.15) is 11.1 Å². The van der Waals surface area contributed by atoms with Gasteiger partial charge in [-0.05, 0) is 24.3 Å². The van der Waals surface area contributed by atoms with Crippen molar-refractivity contribution in [3.63, 3.8) is 0 Å². The highest BCUT2D eigenvalue weighted by Crippen LogP contribution is 2.19. The molecule has 0 aromatic heterocycles. The third-order valence-electron chi connectivity index (χ3n) is 2.59. The van der Waals surface area contributed by atoms with E-state index in [1.807, 2.05) is 24.3 Å². The van der Waals surface area contributed by atoms with E-state index in [9.17, 15) is 4.39 Å². The Hall–Kier alpha value is -1.39. The highest BCUT2D eigenvalue weighted by Gasteiger charge is 2.07. The van der Waals surface area contributed by atoms with Crippen molar-refractivity contribution >= 4 is 15.9 Å². The monoisotopic (exact) mass is 309 g/mol. The van der Waals surface area contributed by atoms with E-state index in [-0.39, 0.29) is 19.0 Å². The molecule has 2 aromatic rings. The fraction of sp³-hybridized carbons (Fsp3) is 0.143. The normalized spacial score (nSPS) is 10.4. The summed E-state index contributed by atoms with van der Waals surface area (Å²) in [5, 5.41) is 0. The van der Waals surface area contributed by atoms with E-state index in [2.05, 4.69) is 15.9 Å². The van der Waals surface area contributed by atoms with Crippen molar-refractivity contribution in [1.82, 2.24) is 0 Å². The molecular weight excluding hydrogens is 297 g/mol. The lowest BCUT2D eigenvalue weighted by atomic mass is 10.1. The van der Waals surface area contributed by atoms with Gasteiger partial charge >= 0.3 is 0 Å². The molecule has 2 nitrogen and oxygen atoms in total. The highest BCUT2D eigenvalue weighted by molar-refractivity contribution is 9.10. The Morgan fingerprint density at radius 1 is 1.06 bits per heavy atom. The van der Waals surface area contributed by atoms with Gasteiger partial charge in [0.05, 0.1) is 0 Å². The molecule has 0 unspecified atom stereocenters. The van der Waals surface area contributed by atoms with E-state index in [1.165, 1.54) is 0 Å². The molecule has 0 heterocycles. The Balaban J connectivity index is 2.08. The number of ether oxygens (including phenoxy) is 1. The van der Waals surface area contributed by atoms with Gasteiger partial charge < -0.3 is 10.5 Å². The van der Waals surface area contributed by atoms with Crippen molar-refractivity contribution < 1.29 is 9.13 Å². The van der Waals surface area contributed by atoms with Crippen molar-refractivity contribution in [2.24, 2.45) is 5.73 Å². The minimum absolute atomic E-state index is 0.192. The first-order valence-corrected chi connectivity index (χ1v) is 6.34. The number of benzene rings is 2. The van der Waals surface area contributed by atoms with E-state index in [4.69, 9.17) is 10.5 Å².